The van der Waals surface area contributed by atoms with E-state index in [1.54, 1.807) is 0 Å². The molecular formula is C16H20N2S. The van der Waals surface area contributed by atoms with Crippen molar-refractivity contribution < 1.29 is 0 Å². The highest BCUT2D eigenvalue weighted by Gasteiger charge is 2.02. The molecule has 2 nitrogen and oxygen atoms in total. The highest BCUT2D eigenvalue weighted by atomic mass is 32.2. The molecule has 0 radical (unpaired) electrons. The van der Waals surface area contributed by atoms with Gasteiger partial charge < -0.3 is 5.32 Å². The molecule has 0 aliphatic heterocycles. The monoisotopic (exact) mass is 272 g/mol. The lowest BCUT2D eigenvalue weighted by Crippen LogP contribution is -1.99. The fourth-order valence-electron chi connectivity index (χ4n) is 1.87. The van der Waals surface area contributed by atoms with E-state index >= 15 is 0 Å². The molecule has 100 valence electrons. The minimum atomic E-state index is 0.903. The van der Waals surface area contributed by atoms with Crippen LogP contribution in [0.3, 0.4) is 0 Å². The van der Waals surface area contributed by atoms with Gasteiger partial charge in [0.05, 0.1) is 0 Å². The molecule has 3 heteroatoms. The summed E-state index contributed by atoms with van der Waals surface area (Å²) in [6, 6.07) is 10.8. The molecule has 1 aromatic heterocycles. The van der Waals surface area contributed by atoms with Gasteiger partial charge in [0, 0.05) is 23.4 Å². The highest BCUT2D eigenvalue weighted by Crippen LogP contribution is 2.27. The molecular weight excluding hydrogens is 252 g/mol. The molecule has 0 saturated heterocycles. The number of benzene rings is 1. The van der Waals surface area contributed by atoms with Crippen LogP contribution in [0, 0.1) is 13.8 Å². The van der Waals surface area contributed by atoms with Gasteiger partial charge >= 0.3 is 0 Å². The maximum absolute atomic E-state index is 4.30. The Bertz CT molecular complexity index is 552. The zero-order chi connectivity index (χ0) is 13.7. The van der Waals surface area contributed by atoms with E-state index in [2.05, 4.69) is 61.4 Å². The average molecular weight is 272 g/mol. The van der Waals surface area contributed by atoms with Gasteiger partial charge in [0.2, 0.25) is 0 Å². The molecule has 2 aromatic rings. The second kappa shape index (κ2) is 6.62. The van der Waals surface area contributed by atoms with Crippen LogP contribution in [-0.4, -0.2) is 11.5 Å². The Kier molecular flexibility index (Phi) is 4.86. The maximum atomic E-state index is 4.30. The number of aryl methyl sites for hydroxylation is 2. The Labute approximate surface area is 119 Å². The number of thioether (sulfide) groups is 1. The van der Waals surface area contributed by atoms with Crippen LogP contribution >= 0.6 is 11.8 Å². The van der Waals surface area contributed by atoms with Crippen molar-refractivity contribution in [3.8, 4) is 0 Å². The van der Waals surface area contributed by atoms with Crippen LogP contribution in [0.25, 0.3) is 0 Å². The van der Waals surface area contributed by atoms with E-state index in [1.807, 2.05) is 18.0 Å². The van der Waals surface area contributed by atoms with E-state index in [-0.39, 0.29) is 0 Å². The third-order valence-electron chi connectivity index (χ3n) is 2.92. The third kappa shape index (κ3) is 4.00. The van der Waals surface area contributed by atoms with Crippen LogP contribution < -0.4 is 5.32 Å². The average Bonchev–Trinajstić information content (AvgIpc) is 2.41. The summed E-state index contributed by atoms with van der Waals surface area (Å²) >= 11 is 1.89. The van der Waals surface area contributed by atoms with E-state index in [1.165, 1.54) is 21.6 Å². The normalized spacial score (nSPS) is 10.5. The summed E-state index contributed by atoms with van der Waals surface area (Å²) in [6.45, 7) is 7.29. The van der Waals surface area contributed by atoms with Crippen LogP contribution in [-0.2, 0) is 5.75 Å². The summed E-state index contributed by atoms with van der Waals surface area (Å²) in [4.78, 5) is 5.66. The summed E-state index contributed by atoms with van der Waals surface area (Å²) < 4.78 is 0. The second-order valence-corrected chi connectivity index (χ2v) is 5.65. The fourth-order valence-corrected chi connectivity index (χ4v) is 2.93. The minimum Gasteiger partial charge on any atom is -0.370 e. The third-order valence-corrected chi connectivity index (χ3v) is 4.15. The molecule has 19 heavy (non-hydrogen) atoms. The molecule has 0 saturated carbocycles. The van der Waals surface area contributed by atoms with Crippen molar-refractivity contribution >= 4 is 17.6 Å². The topological polar surface area (TPSA) is 24.9 Å². The predicted molar refractivity (Wildman–Crippen MR) is 83.9 cm³/mol. The molecule has 0 atom stereocenters. The van der Waals surface area contributed by atoms with Gasteiger partial charge in [-0.2, -0.15) is 0 Å². The van der Waals surface area contributed by atoms with Crippen LogP contribution in [0.5, 0.6) is 0 Å². The molecule has 0 aliphatic rings. The van der Waals surface area contributed by atoms with Crippen molar-refractivity contribution in [2.75, 3.05) is 11.9 Å². The van der Waals surface area contributed by atoms with Crippen molar-refractivity contribution in [1.29, 1.82) is 0 Å². The van der Waals surface area contributed by atoms with E-state index in [0.29, 0.717) is 0 Å². The molecule has 1 N–H and O–H groups in total. The number of aromatic nitrogens is 1. The van der Waals surface area contributed by atoms with Gasteiger partial charge in [-0.25, -0.2) is 4.98 Å². The van der Waals surface area contributed by atoms with Gasteiger partial charge in [0.15, 0.2) is 0 Å². The van der Waals surface area contributed by atoms with Crippen LogP contribution in [0.2, 0.25) is 0 Å². The van der Waals surface area contributed by atoms with Crippen molar-refractivity contribution in [3.63, 3.8) is 0 Å². The standard InChI is InChI=1S/C16H20N2S/c1-4-17-16-10-14(7-8-18-16)11-19-15-9-12(2)5-6-13(15)3/h5-10H,4,11H2,1-3H3,(H,17,18). The number of pyridine rings is 1. The van der Waals surface area contributed by atoms with Gasteiger partial charge in [0.1, 0.15) is 5.82 Å². The number of nitrogens with zero attached hydrogens (tertiary/aromatic N) is 1. The molecule has 0 amide bonds. The Hall–Kier alpha value is -1.48. The molecule has 1 heterocycles. The molecule has 0 fully saturated rings. The second-order valence-electron chi connectivity index (χ2n) is 4.64. The van der Waals surface area contributed by atoms with Gasteiger partial charge in [0.25, 0.3) is 0 Å². The zero-order valence-electron chi connectivity index (χ0n) is 11.7. The Morgan fingerprint density at radius 3 is 2.79 bits per heavy atom. The van der Waals surface area contributed by atoms with Gasteiger partial charge in [-0.15, -0.1) is 11.8 Å². The van der Waals surface area contributed by atoms with Gasteiger partial charge in [-0.05, 0) is 50.1 Å². The van der Waals surface area contributed by atoms with Crippen LogP contribution in [0.1, 0.15) is 23.6 Å². The van der Waals surface area contributed by atoms with Gasteiger partial charge in [-0.3, -0.25) is 0 Å². The highest BCUT2D eigenvalue weighted by molar-refractivity contribution is 7.98. The Balaban J connectivity index is 2.05. The number of hydrogen-bond donors (Lipinski definition) is 1. The van der Waals surface area contributed by atoms with Crippen LogP contribution in [0.15, 0.2) is 41.4 Å². The predicted octanol–water partition coefficient (Wildman–Crippen LogP) is 4.42. The molecule has 0 unspecified atom stereocenters. The first-order valence-electron chi connectivity index (χ1n) is 6.58. The number of rotatable bonds is 5. The van der Waals surface area contributed by atoms with E-state index in [4.69, 9.17) is 0 Å². The lowest BCUT2D eigenvalue weighted by molar-refractivity contribution is 1.15. The summed E-state index contributed by atoms with van der Waals surface area (Å²) in [5, 5.41) is 3.25. The molecule has 1 aromatic carbocycles. The quantitative estimate of drug-likeness (QED) is 0.815. The molecule has 0 bridgehead atoms. The number of hydrogen-bond acceptors (Lipinski definition) is 3. The molecule has 0 aliphatic carbocycles. The van der Waals surface area contributed by atoms with Crippen molar-refractivity contribution in [3.05, 3.63) is 53.2 Å². The van der Waals surface area contributed by atoms with Crippen molar-refractivity contribution in [2.24, 2.45) is 0 Å². The first-order valence-corrected chi connectivity index (χ1v) is 7.56. The summed E-state index contributed by atoms with van der Waals surface area (Å²) in [5.41, 5.74) is 3.96. The van der Waals surface area contributed by atoms with Crippen molar-refractivity contribution in [1.82, 2.24) is 4.98 Å². The summed E-state index contributed by atoms with van der Waals surface area (Å²) in [5.74, 6) is 1.94. The molecule has 0 spiro atoms. The first-order chi connectivity index (χ1) is 9.19. The first kappa shape index (κ1) is 13.9. The summed E-state index contributed by atoms with van der Waals surface area (Å²) in [6.07, 6.45) is 1.87. The molecule has 2 rings (SSSR count). The maximum Gasteiger partial charge on any atom is 0.126 e. The lowest BCUT2D eigenvalue weighted by atomic mass is 10.2. The van der Waals surface area contributed by atoms with Gasteiger partial charge in [-0.1, -0.05) is 17.7 Å². The fraction of sp³-hybridized carbons (Fsp3) is 0.312. The Morgan fingerprint density at radius 1 is 1.16 bits per heavy atom. The Morgan fingerprint density at radius 2 is 2.00 bits per heavy atom. The van der Waals surface area contributed by atoms with Crippen LogP contribution in [0.4, 0.5) is 5.82 Å². The zero-order valence-corrected chi connectivity index (χ0v) is 12.6. The summed E-state index contributed by atoms with van der Waals surface area (Å²) in [7, 11) is 0. The SMILES string of the molecule is CCNc1cc(CSc2cc(C)ccc2C)ccn1. The van der Waals surface area contributed by atoms with Crippen molar-refractivity contribution in [2.45, 2.75) is 31.4 Å². The van der Waals surface area contributed by atoms with E-state index < -0.39 is 0 Å². The smallest absolute Gasteiger partial charge is 0.126 e. The number of anilines is 1. The largest absolute Gasteiger partial charge is 0.370 e. The van der Waals surface area contributed by atoms with E-state index in [0.717, 1.165) is 18.1 Å². The van der Waals surface area contributed by atoms with E-state index in [9.17, 15) is 0 Å². The number of nitrogens with one attached hydrogen (secondary N) is 1. The lowest BCUT2D eigenvalue weighted by Gasteiger charge is -2.08. The minimum absolute atomic E-state index is 0.903.